The van der Waals surface area contributed by atoms with Crippen LogP contribution in [0, 0.1) is 9.39 Å². The molecule has 0 radical (unpaired) electrons. The fourth-order valence-electron chi connectivity index (χ4n) is 0.794. The predicted molar refractivity (Wildman–Crippen MR) is 58.2 cm³/mol. The third-order valence-corrected chi connectivity index (χ3v) is 3.05. The van der Waals surface area contributed by atoms with Gasteiger partial charge in [-0.2, -0.15) is 0 Å². The van der Waals surface area contributed by atoms with Gasteiger partial charge in [-0.3, -0.25) is 0 Å². The van der Waals surface area contributed by atoms with Crippen LogP contribution in [0.25, 0.3) is 0 Å². The number of carbonyl (C=O) groups is 1. The number of hydrogen-bond donors (Lipinski definition) is 0. The number of halogens is 3. The van der Waals surface area contributed by atoms with Crippen molar-refractivity contribution in [2.75, 3.05) is 7.11 Å². The van der Waals surface area contributed by atoms with Crippen LogP contribution in [0.2, 0.25) is 0 Å². The molecule has 13 heavy (non-hydrogen) atoms. The van der Waals surface area contributed by atoms with E-state index in [9.17, 15) is 9.18 Å². The lowest BCUT2D eigenvalue weighted by Gasteiger charge is -2.03. The highest BCUT2D eigenvalue weighted by atomic mass is 127. The Balaban J connectivity index is 3.26. The Kier molecular flexibility index (Phi) is 3.66. The van der Waals surface area contributed by atoms with Crippen molar-refractivity contribution in [2.24, 2.45) is 0 Å². The molecule has 0 amide bonds. The van der Waals surface area contributed by atoms with Gasteiger partial charge in [0.05, 0.1) is 17.1 Å². The van der Waals surface area contributed by atoms with Crippen LogP contribution in [-0.4, -0.2) is 13.1 Å². The lowest BCUT2D eigenvalue weighted by molar-refractivity contribution is 0.0599. The molecule has 1 aromatic rings. The highest BCUT2D eigenvalue weighted by molar-refractivity contribution is 14.1. The summed E-state index contributed by atoms with van der Waals surface area (Å²) in [5.74, 6) is -0.995. The molecule has 1 aromatic carbocycles. The first-order valence-electron chi connectivity index (χ1n) is 3.29. The van der Waals surface area contributed by atoms with Crippen LogP contribution < -0.4 is 0 Å². The summed E-state index contributed by atoms with van der Waals surface area (Å²) in [6.07, 6.45) is 0. The van der Waals surface area contributed by atoms with Gasteiger partial charge < -0.3 is 4.74 Å². The maximum absolute atomic E-state index is 13.2. The van der Waals surface area contributed by atoms with Gasteiger partial charge in [-0.05, 0) is 50.7 Å². The normalized spacial score (nSPS) is 9.85. The van der Waals surface area contributed by atoms with E-state index in [1.54, 1.807) is 0 Å². The third-order valence-electron chi connectivity index (χ3n) is 1.44. The van der Waals surface area contributed by atoms with Crippen LogP contribution in [0.3, 0.4) is 0 Å². The first-order valence-corrected chi connectivity index (χ1v) is 5.17. The molecule has 0 fully saturated rings. The van der Waals surface area contributed by atoms with Gasteiger partial charge in [0.1, 0.15) is 0 Å². The second kappa shape index (κ2) is 4.36. The number of carbonyl (C=O) groups excluding carboxylic acids is 1. The van der Waals surface area contributed by atoms with Gasteiger partial charge in [0.2, 0.25) is 0 Å². The SMILES string of the molecule is COC(=O)c1ccc(I)c(F)c1Br. The first-order chi connectivity index (χ1) is 6.07. The van der Waals surface area contributed by atoms with Gasteiger partial charge >= 0.3 is 5.97 Å². The number of esters is 1. The summed E-state index contributed by atoms with van der Waals surface area (Å²) in [7, 11) is 1.25. The molecule has 0 unspecified atom stereocenters. The number of ether oxygens (including phenoxy) is 1. The van der Waals surface area contributed by atoms with Crippen LogP contribution in [-0.2, 0) is 4.74 Å². The van der Waals surface area contributed by atoms with Crippen LogP contribution in [0.5, 0.6) is 0 Å². The zero-order valence-corrected chi connectivity index (χ0v) is 10.3. The highest BCUT2D eigenvalue weighted by Crippen LogP contribution is 2.25. The van der Waals surface area contributed by atoms with E-state index in [-0.39, 0.29) is 10.0 Å². The minimum Gasteiger partial charge on any atom is -0.465 e. The second-order valence-electron chi connectivity index (χ2n) is 2.21. The molecular formula is C8H5BrFIO2. The van der Waals surface area contributed by atoms with E-state index in [0.717, 1.165) is 0 Å². The number of hydrogen-bond acceptors (Lipinski definition) is 2. The van der Waals surface area contributed by atoms with Crippen LogP contribution in [0.15, 0.2) is 16.6 Å². The van der Waals surface area contributed by atoms with Gasteiger partial charge in [-0.25, -0.2) is 9.18 Å². The maximum atomic E-state index is 13.2. The van der Waals surface area contributed by atoms with E-state index >= 15 is 0 Å². The largest absolute Gasteiger partial charge is 0.465 e. The standard InChI is InChI=1S/C8H5BrFIO2/c1-13-8(12)4-2-3-5(11)7(10)6(4)9/h2-3H,1H3. The Labute approximate surface area is 96.7 Å². The number of benzene rings is 1. The van der Waals surface area contributed by atoms with Gasteiger partial charge in [-0.1, -0.05) is 0 Å². The molecule has 0 spiro atoms. The summed E-state index contributed by atoms with van der Waals surface area (Å²) >= 11 is 4.84. The molecule has 0 aliphatic carbocycles. The van der Waals surface area contributed by atoms with E-state index in [0.29, 0.717) is 3.57 Å². The Morgan fingerprint density at radius 1 is 1.62 bits per heavy atom. The minimum atomic E-state index is -0.554. The van der Waals surface area contributed by atoms with E-state index in [1.165, 1.54) is 19.2 Å². The van der Waals surface area contributed by atoms with Crippen molar-refractivity contribution in [1.82, 2.24) is 0 Å². The van der Waals surface area contributed by atoms with Crippen molar-refractivity contribution in [3.8, 4) is 0 Å². The highest BCUT2D eigenvalue weighted by Gasteiger charge is 2.15. The van der Waals surface area contributed by atoms with E-state index in [4.69, 9.17) is 0 Å². The van der Waals surface area contributed by atoms with Crippen LogP contribution >= 0.6 is 38.5 Å². The average molecular weight is 359 g/mol. The summed E-state index contributed by atoms with van der Waals surface area (Å²) in [5.41, 5.74) is 0.195. The van der Waals surface area contributed by atoms with Crippen molar-refractivity contribution in [2.45, 2.75) is 0 Å². The zero-order chi connectivity index (χ0) is 10.0. The Morgan fingerprint density at radius 2 is 2.23 bits per heavy atom. The predicted octanol–water partition coefficient (Wildman–Crippen LogP) is 2.98. The lowest BCUT2D eigenvalue weighted by atomic mass is 10.2. The fraction of sp³-hybridized carbons (Fsp3) is 0.125. The molecular weight excluding hydrogens is 354 g/mol. The fourth-order valence-corrected chi connectivity index (χ4v) is 2.12. The molecule has 0 N–H and O–H groups in total. The lowest BCUT2D eigenvalue weighted by Crippen LogP contribution is -2.04. The van der Waals surface area contributed by atoms with Crippen molar-refractivity contribution in [1.29, 1.82) is 0 Å². The third kappa shape index (κ3) is 2.19. The monoisotopic (exact) mass is 358 g/mol. The smallest absolute Gasteiger partial charge is 0.339 e. The molecule has 0 saturated heterocycles. The zero-order valence-electron chi connectivity index (χ0n) is 6.61. The Morgan fingerprint density at radius 3 is 2.77 bits per heavy atom. The maximum Gasteiger partial charge on any atom is 0.339 e. The second-order valence-corrected chi connectivity index (χ2v) is 4.17. The first kappa shape index (κ1) is 10.9. The molecule has 0 atom stereocenters. The van der Waals surface area contributed by atoms with Gasteiger partial charge in [0.15, 0.2) is 5.82 Å². The van der Waals surface area contributed by atoms with Gasteiger partial charge in [0, 0.05) is 3.57 Å². The van der Waals surface area contributed by atoms with Crippen molar-refractivity contribution >= 4 is 44.5 Å². The molecule has 0 heterocycles. The Bertz CT molecular complexity index is 354. The summed E-state index contributed by atoms with van der Waals surface area (Å²) in [6, 6.07) is 3.04. The molecule has 0 saturated carbocycles. The molecule has 2 nitrogen and oxygen atoms in total. The van der Waals surface area contributed by atoms with E-state index in [2.05, 4.69) is 20.7 Å². The van der Waals surface area contributed by atoms with E-state index in [1.807, 2.05) is 22.6 Å². The molecule has 5 heteroatoms. The molecule has 0 aromatic heterocycles. The van der Waals surface area contributed by atoms with Crippen molar-refractivity contribution < 1.29 is 13.9 Å². The summed E-state index contributed by atoms with van der Waals surface area (Å²) in [4.78, 5) is 11.1. The molecule has 0 bridgehead atoms. The van der Waals surface area contributed by atoms with Gasteiger partial charge in [-0.15, -0.1) is 0 Å². The molecule has 1 rings (SSSR count). The molecule has 70 valence electrons. The molecule has 0 aliphatic heterocycles. The quantitative estimate of drug-likeness (QED) is 0.438. The minimum absolute atomic E-state index is 0.145. The molecule has 0 aliphatic rings. The van der Waals surface area contributed by atoms with Crippen molar-refractivity contribution in [3.63, 3.8) is 0 Å². The Hall–Kier alpha value is -0.170. The number of methoxy groups -OCH3 is 1. The van der Waals surface area contributed by atoms with E-state index < -0.39 is 11.8 Å². The summed E-state index contributed by atoms with van der Waals surface area (Å²) < 4.78 is 18.3. The average Bonchev–Trinajstić information content (AvgIpc) is 2.13. The van der Waals surface area contributed by atoms with Crippen LogP contribution in [0.4, 0.5) is 4.39 Å². The topological polar surface area (TPSA) is 26.3 Å². The summed E-state index contributed by atoms with van der Waals surface area (Å²) in [6.45, 7) is 0. The van der Waals surface area contributed by atoms with Crippen LogP contribution in [0.1, 0.15) is 10.4 Å². The van der Waals surface area contributed by atoms with Crippen molar-refractivity contribution in [3.05, 3.63) is 31.6 Å². The van der Waals surface area contributed by atoms with Gasteiger partial charge in [0.25, 0.3) is 0 Å². The summed E-state index contributed by atoms with van der Waals surface area (Å²) in [5, 5.41) is 0. The number of rotatable bonds is 1.